The van der Waals surface area contributed by atoms with Crippen molar-refractivity contribution in [3.63, 3.8) is 0 Å². The highest BCUT2D eigenvalue weighted by atomic mass is 15.2. The first-order valence-electron chi connectivity index (χ1n) is 6.31. The van der Waals surface area contributed by atoms with E-state index in [-0.39, 0.29) is 0 Å². The Morgan fingerprint density at radius 1 is 1.30 bits per heavy atom. The lowest BCUT2D eigenvalue weighted by atomic mass is 10.4. The van der Waals surface area contributed by atoms with Crippen LogP contribution in [0.3, 0.4) is 0 Å². The van der Waals surface area contributed by atoms with Crippen LogP contribution in [0.2, 0.25) is 0 Å². The Balaban J connectivity index is 2.18. The van der Waals surface area contributed by atoms with E-state index in [1.165, 1.54) is 0 Å². The van der Waals surface area contributed by atoms with Crippen molar-refractivity contribution >= 4 is 17.5 Å². The topological polar surface area (TPSA) is 77.7 Å². The molecule has 0 bridgehead atoms. The van der Waals surface area contributed by atoms with Crippen molar-refractivity contribution in [1.82, 2.24) is 15.0 Å². The predicted molar refractivity (Wildman–Crippen MR) is 77.8 cm³/mol. The quantitative estimate of drug-likeness (QED) is 0.896. The molecule has 6 nitrogen and oxygen atoms in total. The van der Waals surface area contributed by atoms with Crippen LogP contribution in [0.4, 0.5) is 17.5 Å². The summed E-state index contributed by atoms with van der Waals surface area (Å²) in [5.41, 5.74) is 0. The van der Waals surface area contributed by atoms with Gasteiger partial charge in [0.2, 0.25) is 0 Å². The van der Waals surface area contributed by atoms with Crippen molar-refractivity contribution in [2.45, 2.75) is 13.3 Å². The van der Waals surface area contributed by atoms with Crippen LogP contribution in [0.1, 0.15) is 12.2 Å². The standard InChI is InChI=1S/C14H16N6/c1-11-17-13(19-12-6-3-4-8-16-12)10-14(18-11)20(2)9-5-7-15/h3-4,6,8,10H,5,9H2,1-2H3,(H,16,17,18,19). The van der Waals surface area contributed by atoms with Crippen LogP contribution in [0.5, 0.6) is 0 Å². The molecular formula is C14H16N6. The Labute approximate surface area is 118 Å². The van der Waals surface area contributed by atoms with Crippen molar-refractivity contribution in [1.29, 1.82) is 5.26 Å². The van der Waals surface area contributed by atoms with E-state index in [0.717, 1.165) is 11.6 Å². The summed E-state index contributed by atoms with van der Waals surface area (Å²) in [6.07, 6.45) is 2.18. The summed E-state index contributed by atoms with van der Waals surface area (Å²) in [5, 5.41) is 11.8. The fourth-order valence-corrected chi connectivity index (χ4v) is 1.71. The van der Waals surface area contributed by atoms with Crippen LogP contribution >= 0.6 is 0 Å². The highest BCUT2D eigenvalue weighted by Crippen LogP contribution is 2.17. The molecule has 0 saturated heterocycles. The second kappa shape index (κ2) is 6.48. The van der Waals surface area contributed by atoms with E-state index < -0.39 is 0 Å². The number of aryl methyl sites for hydroxylation is 1. The van der Waals surface area contributed by atoms with Gasteiger partial charge in [-0.05, 0) is 19.1 Å². The number of hydrogen-bond acceptors (Lipinski definition) is 6. The molecule has 0 aliphatic carbocycles. The van der Waals surface area contributed by atoms with Gasteiger partial charge in [-0.25, -0.2) is 15.0 Å². The number of pyridine rings is 1. The highest BCUT2D eigenvalue weighted by Gasteiger charge is 2.07. The fraction of sp³-hybridized carbons (Fsp3) is 0.286. The lowest BCUT2D eigenvalue weighted by Crippen LogP contribution is -2.20. The molecule has 0 saturated carbocycles. The van der Waals surface area contributed by atoms with Crippen LogP contribution in [0, 0.1) is 18.3 Å². The average Bonchev–Trinajstić information content (AvgIpc) is 2.45. The molecule has 2 aromatic heterocycles. The average molecular weight is 268 g/mol. The Morgan fingerprint density at radius 2 is 2.15 bits per heavy atom. The molecule has 6 heteroatoms. The summed E-state index contributed by atoms with van der Waals surface area (Å²) < 4.78 is 0. The number of anilines is 3. The van der Waals surface area contributed by atoms with Gasteiger partial charge in [0.05, 0.1) is 12.5 Å². The molecule has 0 aromatic carbocycles. The van der Waals surface area contributed by atoms with Crippen molar-refractivity contribution in [2.75, 3.05) is 23.8 Å². The molecule has 0 unspecified atom stereocenters. The first-order chi connectivity index (χ1) is 9.69. The van der Waals surface area contributed by atoms with Gasteiger partial charge in [-0.15, -0.1) is 0 Å². The molecule has 2 aromatic rings. The predicted octanol–water partition coefficient (Wildman–Crippen LogP) is 2.27. The number of rotatable bonds is 5. The molecule has 0 spiro atoms. The molecule has 2 rings (SSSR count). The molecular weight excluding hydrogens is 252 g/mol. The normalized spacial score (nSPS) is 9.85. The molecule has 0 atom stereocenters. The molecule has 1 N–H and O–H groups in total. The zero-order valence-corrected chi connectivity index (χ0v) is 11.5. The van der Waals surface area contributed by atoms with Crippen molar-refractivity contribution in [2.24, 2.45) is 0 Å². The van der Waals surface area contributed by atoms with Crippen LogP contribution in [0.25, 0.3) is 0 Å². The molecule has 0 amide bonds. The number of nitriles is 1. The van der Waals surface area contributed by atoms with Crippen molar-refractivity contribution in [3.8, 4) is 6.07 Å². The smallest absolute Gasteiger partial charge is 0.137 e. The maximum Gasteiger partial charge on any atom is 0.137 e. The van der Waals surface area contributed by atoms with E-state index in [2.05, 4.69) is 26.3 Å². The molecule has 0 fully saturated rings. The van der Waals surface area contributed by atoms with E-state index in [1.807, 2.05) is 43.1 Å². The van der Waals surface area contributed by atoms with Gasteiger partial charge in [0, 0.05) is 25.9 Å². The van der Waals surface area contributed by atoms with Crippen LogP contribution in [-0.4, -0.2) is 28.5 Å². The van der Waals surface area contributed by atoms with Gasteiger partial charge in [0.25, 0.3) is 0 Å². The summed E-state index contributed by atoms with van der Waals surface area (Å²) in [6, 6.07) is 9.61. The Morgan fingerprint density at radius 3 is 2.85 bits per heavy atom. The van der Waals surface area contributed by atoms with Gasteiger partial charge in [0.1, 0.15) is 23.3 Å². The van der Waals surface area contributed by atoms with Crippen LogP contribution < -0.4 is 10.2 Å². The molecule has 2 heterocycles. The first kappa shape index (κ1) is 13.7. The summed E-state index contributed by atoms with van der Waals surface area (Å²) in [5.74, 6) is 2.88. The maximum absolute atomic E-state index is 8.64. The summed E-state index contributed by atoms with van der Waals surface area (Å²) in [7, 11) is 1.91. The lowest BCUT2D eigenvalue weighted by Gasteiger charge is -2.17. The van der Waals surface area contributed by atoms with E-state index in [9.17, 15) is 0 Å². The van der Waals surface area contributed by atoms with Gasteiger partial charge >= 0.3 is 0 Å². The van der Waals surface area contributed by atoms with Gasteiger partial charge in [-0.2, -0.15) is 5.26 Å². The maximum atomic E-state index is 8.64. The van der Waals surface area contributed by atoms with Gasteiger partial charge in [-0.3, -0.25) is 0 Å². The van der Waals surface area contributed by atoms with Crippen LogP contribution in [0.15, 0.2) is 30.5 Å². The third-order valence-electron chi connectivity index (χ3n) is 2.70. The fourth-order valence-electron chi connectivity index (χ4n) is 1.71. The summed E-state index contributed by atoms with van der Waals surface area (Å²) in [4.78, 5) is 14.8. The molecule has 20 heavy (non-hydrogen) atoms. The second-order valence-corrected chi connectivity index (χ2v) is 4.33. The van der Waals surface area contributed by atoms with Crippen LogP contribution in [-0.2, 0) is 0 Å². The largest absolute Gasteiger partial charge is 0.358 e. The number of nitrogens with one attached hydrogen (secondary N) is 1. The third kappa shape index (κ3) is 3.65. The van der Waals surface area contributed by atoms with E-state index in [4.69, 9.17) is 5.26 Å². The van der Waals surface area contributed by atoms with E-state index >= 15 is 0 Å². The third-order valence-corrected chi connectivity index (χ3v) is 2.70. The summed E-state index contributed by atoms with van der Waals surface area (Å²) >= 11 is 0. The molecule has 0 radical (unpaired) electrons. The Bertz CT molecular complexity index is 605. The molecule has 0 aliphatic heterocycles. The van der Waals surface area contributed by atoms with Crippen molar-refractivity contribution in [3.05, 3.63) is 36.3 Å². The zero-order valence-electron chi connectivity index (χ0n) is 11.5. The number of nitrogens with zero attached hydrogens (tertiary/aromatic N) is 5. The lowest BCUT2D eigenvalue weighted by molar-refractivity contribution is 0.871. The minimum Gasteiger partial charge on any atom is -0.358 e. The Hall–Kier alpha value is -2.68. The minimum absolute atomic E-state index is 0.461. The second-order valence-electron chi connectivity index (χ2n) is 4.33. The van der Waals surface area contributed by atoms with Gasteiger partial charge in [0.15, 0.2) is 0 Å². The monoisotopic (exact) mass is 268 g/mol. The first-order valence-corrected chi connectivity index (χ1v) is 6.31. The van der Waals surface area contributed by atoms with Crippen molar-refractivity contribution < 1.29 is 0 Å². The zero-order chi connectivity index (χ0) is 14.4. The van der Waals surface area contributed by atoms with E-state index in [0.29, 0.717) is 24.6 Å². The number of aromatic nitrogens is 3. The SMILES string of the molecule is Cc1nc(Nc2ccccn2)cc(N(C)CCC#N)n1. The molecule has 102 valence electrons. The van der Waals surface area contributed by atoms with Gasteiger partial charge in [-0.1, -0.05) is 6.07 Å². The van der Waals surface area contributed by atoms with Gasteiger partial charge < -0.3 is 10.2 Å². The molecule has 0 aliphatic rings. The summed E-state index contributed by atoms with van der Waals surface area (Å²) in [6.45, 7) is 2.47. The number of hydrogen-bond donors (Lipinski definition) is 1. The Kier molecular flexibility index (Phi) is 4.45. The highest BCUT2D eigenvalue weighted by molar-refractivity contribution is 5.56. The minimum atomic E-state index is 0.461. The van der Waals surface area contributed by atoms with E-state index in [1.54, 1.807) is 6.20 Å².